The zero-order chi connectivity index (χ0) is 11.1. The van der Waals surface area contributed by atoms with Crippen molar-refractivity contribution in [3.05, 3.63) is 35.7 Å². The molecule has 1 heterocycles. The number of halogens is 1. The first-order valence-electron chi connectivity index (χ1n) is 4.63. The second-order valence-corrected chi connectivity index (χ2v) is 3.04. The van der Waals surface area contributed by atoms with Crippen LogP contribution in [0.2, 0.25) is 0 Å². The number of carbonyl (C=O) groups is 1. The molecule has 3 nitrogen and oxygen atoms in total. The highest BCUT2D eigenvalue weighted by molar-refractivity contribution is 6.16. The van der Waals surface area contributed by atoms with Gasteiger partial charge in [-0.25, -0.2) is 4.79 Å². The van der Waals surface area contributed by atoms with Gasteiger partial charge >= 0.3 is 5.97 Å². The zero-order valence-electron chi connectivity index (χ0n) is 8.44. The molecule has 15 heavy (non-hydrogen) atoms. The second-order valence-electron chi connectivity index (χ2n) is 2.77. The largest absolute Gasteiger partial charge is 0.463 e. The zero-order valence-corrected chi connectivity index (χ0v) is 9.20. The minimum atomic E-state index is -0.365. The molecule has 0 N–H and O–H groups in total. The van der Waals surface area contributed by atoms with E-state index in [0.717, 1.165) is 5.69 Å². The van der Waals surface area contributed by atoms with E-state index in [1.54, 1.807) is 19.1 Å². The molecule has 1 aromatic rings. The van der Waals surface area contributed by atoms with Crippen molar-refractivity contribution in [3.63, 3.8) is 0 Å². The number of carbonyl (C=O) groups excluding carboxylic acids is 1. The normalized spacial score (nSPS) is 10.5. The topological polar surface area (TPSA) is 39.2 Å². The van der Waals surface area contributed by atoms with Crippen molar-refractivity contribution in [1.29, 1.82) is 0 Å². The summed E-state index contributed by atoms with van der Waals surface area (Å²) in [6, 6.07) is 5.47. The number of rotatable bonds is 4. The smallest absolute Gasteiger partial charge is 0.330 e. The summed E-state index contributed by atoms with van der Waals surface area (Å²) in [5.74, 6) is -0.00302. The molecule has 0 radical (unpaired) electrons. The van der Waals surface area contributed by atoms with E-state index in [2.05, 4.69) is 4.98 Å². The fourth-order valence-corrected chi connectivity index (χ4v) is 1.16. The third kappa shape index (κ3) is 4.13. The van der Waals surface area contributed by atoms with Gasteiger partial charge in [0.15, 0.2) is 0 Å². The van der Waals surface area contributed by atoms with Crippen molar-refractivity contribution in [3.8, 4) is 0 Å². The lowest BCUT2D eigenvalue weighted by molar-refractivity contribution is -0.137. The van der Waals surface area contributed by atoms with Crippen LogP contribution in [0.1, 0.15) is 18.3 Å². The van der Waals surface area contributed by atoms with E-state index in [1.165, 1.54) is 6.08 Å². The lowest BCUT2D eigenvalue weighted by Gasteiger charge is -1.97. The van der Waals surface area contributed by atoms with Gasteiger partial charge in [-0.3, -0.25) is 4.98 Å². The molecule has 0 fully saturated rings. The summed E-state index contributed by atoms with van der Waals surface area (Å²) in [6.07, 6.45) is 2.96. The predicted molar refractivity (Wildman–Crippen MR) is 59.5 cm³/mol. The van der Waals surface area contributed by atoms with Gasteiger partial charge in [-0.05, 0) is 25.1 Å². The average Bonchev–Trinajstić information content (AvgIpc) is 2.27. The monoisotopic (exact) mass is 225 g/mol. The second kappa shape index (κ2) is 6.19. The number of esters is 1. The van der Waals surface area contributed by atoms with Gasteiger partial charge in [-0.15, -0.1) is 11.6 Å². The third-order valence-corrected chi connectivity index (χ3v) is 1.92. The molecule has 0 saturated carbocycles. The minimum absolute atomic E-state index is 0.362. The van der Waals surface area contributed by atoms with Crippen LogP contribution >= 0.6 is 11.6 Å². The molecular formula is C11H12ClNO2. The molecule has 0 aliphatic heterocycles. The Kier molecular flexibility index (Phi) is 4.84. The molecule has 0 atom stereocenters. The summed E-state index contributed by atoms with van der Waals surface area (Å²) in [4.78, 5) is 15.2. The Labute approximate surface area is 93.7 Å². The first-order chi connectivity index (χ1) is 7.26. The molecule has 0 aliphatic rings. The lowest BCUT2D eigenvalue weighted by atomic mass is 10.3. The molecule has 1 rings (SSSR count). The maximum Gasteiger partial charge on any atom is 0.330 e. The SMILES string of the molecule is CCOC(=O)/C=C/c1cccc(CCl)n1. The third-order valence-electron chi connectivity index (χ3n) is 1.64. The summed E-state index contributed by atoms with van der Waals surface area (Å²) in [7, 11) is 0. The number of alkyl halides is 1. The molecule has 0 saturated heterocycles. The standard InChI is InChI=1S/C11H12ClNO2/c1-2-15-11(14)7-6-9-4-3-5-10(8-12)13-9/h3-7H,2,8H2,1H3/b7-6+. The van der Waals surface area contributed by atoms with Crippen LogP contribution in [0.15, 0.2) is 24.3 Å². The molecule has 0 unspecified atom stereocenters. The number of hydrogen-bond donors (Lipinski definition) is 0. The Morgan fingerprint density at radius 1 is 1.60 bits per heavy atom. The van der Waals surface area contributed by atoms with Crippen molar-refractivity contribution in [2.75, 3.05) is 6.61 Å². The van der Waals surface area contributed by atoms with Crippen molar-refractivity contribution < 1.29 is 9.53 Å². The highest BCUT2D eigenvalue weighted by atomic mass is 35.5. The molecule has 4 heteroatoms. The average molecular weight is 226 g/mol. The minimum Gasteiger partial charge on any atom is -0.463 e. The summed E-state index contributed by atoms with van der Waals surface area (Å²) in [5.41, 5.74) is 1.48. The van der Waals surface area contributed by atoms with E-state index in [9.17, 15) is 4.79 Å². The molecular weight excluding hydrogens is 214 g/mol. The van der Waals surface area contributed by atoms with Crippen molar-refractivity contribution in [2.45, 2.75) is 12.8 Å². The van der Waals surface area contributed by atoms with Crippen LogP contribution in [-0.2, 0) is 15.4 Å². The van der Waals surface area contributed by atoms with Crippen LogP contribution in [0.5, 0.6) is 0 Å². The first-order valence-corrected chi connectivity index (χ1v) is 5.16. The van der Waals surface area contributed by atoms with E-state index in [0.29, 0.717) is 18.2 Å². The molecule has 0 spiro atoms. The van der Waals surface area contributed by atoms with Crippen LogP contribution < -0.4 is 0 Å². The molecule has 0 aromatic carbocycles. The number of aromatic nitrogens is 1. The first kappa shape index (κ1) is 11.7. The Balaban J connectivity index is 2.67. The van der Waals surface area contributed by atoms with Crippen LogP contribution in [0.4, 0.5) is 0 Å². The van der Waals surface area contributed by atoms with Gasteiger partial charge in [-0.1, -0.05) is 6.07 Å². The van der Waals surface area contributed by atoms with E-state index in [4.69, 9.17) is 16.3 Å². The molecule has 0 amide bonds. The van der Waals surface area contributed by atoms with Crippen LogP contribution in [0.25, 0.3) is 6.08 Å². The van der Waals surface area contributed by atoms with Crippen LogP contribution in [0, 0.1) is 0 Å². The Morgan fingerprint density at radius 2 is 2.40 bits per heavy atom. The highest BCUT2D eigenvalue weighted by Gasteiger charge is 1.96. The summed E-state index contributed by atoms with van der Waals surface area (Å²) < 4.78 is 4.74. The number of pyridine rings is 1. The summed E-state index contributed by atoms with van der Waals surface area (Å²) >= 11 is 5.63. The highest BCUT2D eigenvalue weighted by Crippen LogP contribution is 2.04. The van der Waals surface area contributed by atoms with Gasteiger partial charge in [0.05, 0.1) is 23.9 Å². The Morgan fingerprint density at radius 3 is 3.07 bits per heavy atom. The van der Waals surface area contributed by atoms with Crippen LogP contribution in [0.3, 0.4) is 0 Å². The maximum atomic E-state index is 11.0. The van der Waals surface area contributed by atoms with Gasteiger partial charge in [-0.2, -0.15) is 0 Å². The predicted octanol–water partition coefficient (Wildman–Crippen LogP) is 2.40. The van der Waals surface area contributed by atoms with Gasteiger partial charge < -0.3 is 4.74 Å². The van der Waals surface area contributed by atoms with E-state index < -0.39 is 0 Å². The van der Waals surface area contributed by atoms with Gasteiger partial charge in [0.25, 0.3) is 0 Å². The molecule has 0 aliphatic carbocycles. The number of nitrogens with zero attached hydrogens (tertiary/aromatic N) is 1. The van der Waals surface area contributed by atoms with E-state index in [-0.39, 0.29) is 5.97 Å². The van der Waals surface area contributed by atoms with Gasteiger partial charge in [0.2, 0.25) is 0 Å². The van der Waals surface area contributed by atoms with Crippen molar-refractivity contribution >= 4 is 23.6 Å². The van der Waals surface area contributed by atoms with Crippen LogP contribution in [-0.4, -0.2) is 17.6 Å². The molecule has 1 aromatic heterocycles. The summed E-state index contributed by atoms with van der Waals surface area (Å²) in [6.45, 7) is 2.14. The number of ether oxygens (including phenoxy) is 1. The van der Waals surface area contributed by atoms with E-state index in [1.807, 2.05) is 12.1 Å². The molecule has 80 valence electrons. The maximum absolute atomic E-state index is 11.0. The quantitative estimate of drug-likeness (QED) is 0.449. The molecule has 0 bridgehead atoms. The van der Waals surface area contributed by atoms with Gasteiger partial charge in [0.1, 0.15) is 0 Å². The van der Waals surface area contributed by atoms with Crippen molar-refractivity contribution in [1.82, 2.24) is 4.98 Å². The number of hydrogen-bond acceptors (Lipinski definition) is 3. The van der Waals surface area contributed by atoms with Crippen molar-refractivity contribution in [2.24, 2.45) is 0 Å². The fraction of sp³-hybridized carbons (Fsp3) is 0.273. The Hall–Kier alpha value is -1.35. The fourth-order valence-electron chi connectivity index (χ4n) is 1.01. The Bertz CT molecular complexity index is 363. The van der Waals surface area contributed by atoms with Gasteiger partial charge in [0, 0.05) is 6.08 Å². The summed E-state index contributed by atoms with van der Waals surface area (Å²) in [5, 5.41) is 0. The lowest BCUT2D eigenvalue weighted by Crippen LogP contribution is -1.99. The van der Waals surface area contributed by atoms with E-state index >= 15 is 0 Å².